The van der Waals surface area contributed by atoms with Crippen LogP contribution in [-0.2, 0) is 0 Å². The summed E-state index contributed by atoms with van der Waals surface area (Å²) < 4.78 is 17.9. The van der Waals surface area contributed by atoms with Crippen molar-refractivity contribution >= 4 is 5.97 Å². The van der Waals surface area contributed by atoms with Crippen LogP contribution in [0.4, 0.5) is 0 Å². The lowest BCUT2D eigenvalue weighted by Gasteiger charge is -2.22. The van der Waals surface area contributed by atoms with Crippen LogP contribution in [0.5, 0.6) is 17.2 Å². The van der Waals surface area contributed by atoms with Gasteiger partial charge in [0.2, 0.25) is 0 Å². The van der Waals surface area contributed by atoms with Crippen molar-refractivity contribution in [3.63, 3.8) is 0 Å². The first-order chi connectivity index (χ1) is 21.1. The van der Waals surface area contributed by atoms with Crippen LogP contribution in [-0.4, -0.2) is 30.9 Å². The van der Waals surface area contributed by atoms with Gasteiger partial charge in [-0.25, -0.2) is 4.79 Å². The fourth-order valence-electron chi connectivity index (χ4n) is 5.28. The molecule has 3 rings (SSSR count). The normalized spacial score (nSPS) is 11.1. The number of unbranched alkanes of at least 4 members (excludes halogenated alkanes) is 9. The molecule has 0 amide bonds. The topological polar surface area (TPSA) is 65.0 Å². The highest BCUT2D eigenvalue weighted by Crippen LogP contribution is 2.37. The Kier molecular flexibility index (Phi) is 15.6. The summed E-state index contributed by atoms with van der Waals surface area (Å²) >= 11 is 0. The van der Waals surface area contributed by atoms with Crippen molar-refractivity contribution in [2.45, 2.75) is 104 Å². The largest absolute Gasteiger partial charge is 0.494 e. The van der Waals surface area contributed by atoms with Gasteiger partial charge < -0.3 is 19.3 Å². The van der Waals surface area contributed by atoms with Crippen molar-refractivity contribution in [1.82, 2.24) is 0 Å². The first kappa shape index (κ1) is 34.0. The predicted octanol–water partition coefficient (Wildman–Crippen LogP) is 10.4. The molecule has 3 aromatic carbocycles. The zero-order chi connectivity index (χ0) is 30.7. The van der Waals surface area contributed by atoms with Crippen LogP contribution in [0.25, 0.3) is 0 Å². The van der Waals surface area contributed by atoms with Gasteiger partial charge in [0.1, 0.15) is 17.2 Å². The van der Waals surface area contributed by atoms with E-state index in [-0.39, 0.29) is 11.5 Å². The Hall–Kier alpha value is -3.47. The van der Waals surface area contributed by atoms with E-state index in [1.165, 1.54) is 44.9 Å². The van der Waals surface area contributed by atoms with Gasteiger partial charge in [0.05, 0.1) is 25.4 Å². The molecule has 0 aliphatic carbocycles. The highest BCUT2D eigenvalue weighted by molar-refractivity contribution is 5.90. The predicted molar refractivity (Wildman–Crippen MR) is 176 cm³/mol. The average molecular weight is 589 g/mol. The number of hydrogen-bond donors (Lipinski definition) is 1. The number of carboxylic acid groups (broad SMARTS) is 1. The third-order valence-corrected chi connectivity index (χ3v) is 7.79. The third-order valence-electron chi connectivity index (χ3n) is 7.79. The minimum atomic E-state index is -0.963. The molecule has 0 atom stereocenters. The van der Waals surface area contributed by atoms with Crippen molar-refractivity contribution in [1.29, 1.82) is 0 Å². The Bertz CT molecular complexity index is 1130. The Morgan fingerprint density at radius 3 is 1.35 bits per heavy atom. The maximum absolute atomic E-state index is 12.6. The Morgan fingerprint density at radius 2 is 0.953 bits per heavy atom. The molecule has 0 fully saturated rings. The summed E-state index contributed by atoms with van der Waals surface area (Å²) in [5, 5.41) is 10.3. The first-order valence-electron chi connectivity index (χ1n) is 16.5. The van der Waals surface area contributed by atoms with E-state index in [9.17, 15) is 9.90 Å². The molecule has 0 aliphatic heterocycles. The van der Waals surface area contributed by atoms with Crippen molar-refractivity contribution < 1.29 is 24.1 Å². The van der Waals surface area contributed by atoms with E-state index < -0.39 is 5.97 Å². The fraction of sp³-hybridized carbons (Fsp3) is 0.500. The summed E-state index contributed by atoms with van der Waals surface area (Å²) in [4.78, 5) is 12.6. The smallest absolute Gasteiger partial charge is 0.336 e. The summed E-state index contributed by atoms with van der Waals surface area (Å²) in [6.07, 6.45) is 13.7. The van der Waals surface area contributed by atoms with Gasteiger partial charge in [0, 0.05) is 5.92 Å². The zero-order valence-corrected chi connectivity index (χ0v) is 26.6. The van der Waals surface area contributed by atoms with E-state index in [0.717, 1.165) is 60.3 Å². The molecule has 0 aliphatic rings. The molecule has 5 nitrogen and oxygen atoms in total. The summed E-state index contributed by atoms with van der Waals surface area (Å²) in [5.41, 5.74) is 2.99. The SMILES string of the molecule is CCCCCCOc1ccc(C(c2ccc(OCCCCCC)cc2)c2ccc(OCCCCCC)cc2C(=O)O)cc1. The van der Waals surface area contributed by atoms with Gasteiger partial charge in [-0.05, 0) is 72.4 Å². The van der Waals surface area contributed by atoms with E-state index >= 15 is 0 Å². The molecule has 0 radical (unpaired) electrons. The molecular weight excluding hydrogens is 536 g/mol. The standard InChI is InChI=1S/C38H52O5/c1-4-7-10-13-26-41-32-20-16-30(17-21-32)37(31-18-22-33(23-19-31)42-27-14-11-8-5-2)35-25-24-34(29-36(35)38(39)40)43-28-15-12-9-6-3/h16-25,29,37H,4-15,26-28H2,1-3H3,(H,39,40). The van der Waals surface area contributed by atoms with Crippen LogP contribution in [0.15, 0.2) is 66.7 Å². The zero-order valence-electron chi connectivity index (χ0n) is 26.6. The quantitative estimate of drug-likeness (QED) is 0.0934. The van der Waals surface area contributed by atoms with Crippen molar-refractivity contribution in [3.8, 4) is 17.2 Å². The van der Waals surface area contributed by atoms with Crippen LogP contribution in [0.2, 0.25) is 0 Å². The van der Waals surface area contributed by atoms with Crippen LogP contribution < -0.4 is 14.2 Å². The molecule has 0 spiro atoms. The summed E-state index contributed by atoms with van der Waals surface area (Å²) in [6, 6.07) is 21.6. The molecule has 0 bridgehead atoms. The maximum atomic E-state index is 12.6. The second-order valence-electron chi connectivity index (χ2n) is 11.4. The van der Waals surface area contributed by atoms with Gasteiger partial charge in [0.25, 0.3) is 0 Å². The van der Waals surface area contributed by atoms with Crippen LogP contribution in [0.3, 0.4) is 0 Å². The molecule has 0 saturated heterocycles. The maximum Gasteiger partial charge on any atom is 0.336 e. The van der Waals surface area contributed by atoms with Gasteiger partial charge in [-0.3, -0.25) is 0 Å². The second-order valence-corrected chi connectivity index (χ2v) is 11.4. The molecule has 0 heterocycles. The minimum absolute atomic E-state index is 0.253. The highest BCUT2D eigenvalue weighted by Gasteiger charge is 2.24. The number of aromatic carboxylic acids is 1. The van der Waals surface area contributed by atoms with E-state index in [0.29, 0.717) is 25.6 Å². The summed E-state index contributed by atoms with van der Waals surface area (Å²) in [6.45, 7) is 8.57. The summed E-state index contributed by atoms with van der Waals surface area (Å²) in [7, 11) is 0. The number of ether oxygens (including phenoxy) is 3. The Balaban J connectivity index is 1.86. The second kappa shape index (κ2) is 19.7. The first-order valence-corrected chi connectivity index (χ1v) is 16.5. The third kappa shape index (κ3) is 11.6. The number of carboxylic acids is 1. The molecule has 0 aromatic heterocycles. The number of benzene rings is 3. The van der Waals surface area contributed by atoms with Gasteiger partial charge in [-0.1, -0.05) is 109 Å². The molecular formula is C38H52O5. The lowest BCUT2D eigenvalue weighted by atomic mass is 9.82. The molecule has 3 aromatic rings. The Morgan fingerprint density at radius 1 is 0.558 bits per heavy atom. The number of carbonyl (C=O) groups is 1. The van der Waals surface area contributed by atoms with Crippen molar-refractivity contribution in [3.05, 3.63) is 89.0 Å². The van der Waals surface area contributed by atoms with E-state index in [4.69, 9.17) is 14.2 Å². The lowest BCUT2D eigenvalue weighted by molar-refractivity contribution is 0.0695. The van der Waals surface area contributed by atoms with Gasteiger partial charge in [-0.2, -0.15) is 0 Å². The molecule has 43 heavy (non-hydrogen) atoms. The lowest BCUT2D eigenvalue weighted by Crippen LogP contribution is -2.11. The van der Waals surface area contributed by atoms with Gasteiger partial charge in [-0.15, -0.1) is 0 Å². The van der Waals surface area contributed by atoms with Gasteiger partial charge >= 0.3 is 5.97 Å². The number of hydrogen-bond acceptors (Lipinski definition) is 4. The fourth-order valence-corrected chi connectivity index (χ4v) is 5.28. The van der Waals surface area contributed by atoms with Crippen molar-refractivity contribution in [2.24, 2.45) is 0 Å². The van der Waals surface area contributed by atoms with Crippen LogP contribution in [0.1, 0.15) is 131 Å². The molecule has 5 heteroatoms. The Labute approximate surface area is 259 Å². The van der Waals surface area contributed by atoms with E-state index in [1.54, 1.807) is 6.07 Å². The van der Waals surface area contributed by atoms with Crippen molar-refractivity contribution in [2.75, 3.05) is 19.8 Å². The minimum Gasteiger partial charge on any atom is -0.494 e. The highest BCUT2D eigenvalue weighted by atomic mass is 16.5. The van der Waals surface area contributed by atoms with Gasteiger partial charge in [0.15, 0.2) is 0 Å². The van der Waals surface area contributed by atoms with Crippen LogP contribution in [0, 0.1) is 0 Å². The molecule has 1 N–H and O–H groups in total. The van der Waals surface area contributed by atoms with E-state index in [1.807, 2.05) is 60.7 Å². The molecule has 0 unspecified atom stereocenters. The molecule has 234 valence electrons. The average Bonchev–Trinajstić information content (AvgIpc) is 3.02. The van der Waals surface area contributed by atoms with Crippen LogP contribution >= 0.6 is 0 Å². The molecule has 0 saturated carbocycles. The van der Waals surface area contributed by atoms with E-state index in [2.05, 4.69) is 20.8 Å². The monoisotopic (exact) mass is 588 g/mol. The summed E-state index contributed by atoms with van der Waals surface area (Å²) in [5.74, 6) is 1.01. The number of rotatable bonds is 22.